The Bertz CT molecular complexity index is 177. The van der Waals surface area contributed by atoms with Gasteiger partial charge in [-0.05, 0) is 0 Å². The summed E-state index contributed by atoms with van der Waals surface area (Å²) in [5.74, 6) is 8.59. The summed E-state index contributed by atoms with van der Waals surface area (Å²) in [6.45, 7) is 2.14. The summed E-state index contributed by atoms with van der Waals surface area (Å²) in [6.07, 6.45) is 7.31. The molecule has 1 unspecified atom stereocenters. The summed E-state index contributed by atoms with van der Waals surface area (Å²) in [6, 6.07) is 0. The molecule has 1 nitrogen and oxygen atoms in total. The third-order valence-corrected chi connectivity index (χ3v) is 1.36. The first kappa shape index (κ1) is 10.1. The van der Waals surface area contributed by atoms with Crippen molar-refractivity contribution in [3.8, 4) is 24.2 Å². The fraction of sp³-hybridized carbons (Fsp3) is 0.600. The van der Waals surface area contributed by atoms with Crippen LogP contribution in [0.3, 0.4) is 0 Å². The van der Waals surface area contributed by atoms with Crippen molar-refractivity contribution in [2.75, 3.05) is 6.61 Å². The Kier molecular flexibility index (Phi) is 6.59. The SMILES string of the molecule is C#CCC(CO)CC#CCC. The van der Waals surface area contributed by atoms with Crippen molar-refractivity contribution in [3.63, 3.8) is 0 Å². The van der Waals surface area contributed by atoms with Crippen LogP contribution in [0.15, 0.2) is 0 Å². The van der Waals surface area contributed by atoms with E-state index in [0.29, 0.717) is 12.8 Å². The van der Waals surface area contributed by atoms with Gasteiger partial charge in [0.15, 0.2) is 0 Å². The standard InChI is InChI=1S/C10H14O/c1-3-5-6-8-10(9-11)7-4-2/h2,10-11H,3,7-9H2,1H3. The minimum atomic E-state index is 0.141. The van der Waals surface area contributed by atoms with Crippen LogP contribution in [0.25, 0.3) is 0 Å². The largest absolute Gasteiger partial charge is 0.396 e. The van der Waals surface area contributed by atoms with Gasteiger partial charge in [0.25, 0.3) is 0 Å². The van der Waals surface area contributed by atoms with Crippen molar-refractivity contribution in [1.82, 2.24) is 0 Å². The van der Waals surface area contributed by atoms with Crippen LogP contribution in [0.5, 0.6) is 0 Å². The van der Waals surface area contributed by atoms with E-state index in [1.54, 1.807) is 0 Å². The molecule has 1 heteroatoms. The van der Waals surface area contributed by atoms with Crippen LogP contribution in [0, 0.1) is 30.1 Å². The van der Waals surface area contributed by atoms with E-state index in [4.69, 9.17) is 11.5 Å². The fourth-order valence-corrected chi connectivity index (χ4v) is 0.709. The number of aliphatic hydroxyl groups excluding tert-OH is 1. The first-order valence-electron chi connectivity index (χ1n) is 3.85. The second-order valence-corrected chi connectivity index (χ2v) is 2.37. The van der Waals surface area contributed by atoms with Gasteiger partial charge in [-0.1, -0.05) is 6.92 Å². The van der Waals surface area contributed by atoms with Gasteiger partial charge in [-0.15, -0.1) is 24.2 Å². The average Bonchev–Trinajstić information content (AvgIpc) is 2.03. The summed E-state index contributed by atoms with van der Waals surface area (Å²) in [4.78, 5) is 0. The zero-order chi connectivity index (χ0) is 8.53. The maximum absolute atomic E-state index is 8.79. The Hall–Kier alpha value is -0.920. The summed E-state index contributed by atoms with van der Waals surface area (Å²) < 4.78 is 0. The molecule has 0 aliphatic heterocycles. The predicted octanol–water partition coefficient (Wildman–Crippen LogP) is 1.42. The maximum atomic E-state index is 8.79. The van der Waals surface area contributed by atoms with Crippen molar-refractivity contribution in [1.29, 1.82) is 0 Å². The van der Waals surface area contributed by atoms with E-state index < -0.39 is 0 Å². The molecule has 0 heterocycles. The van der Waals surface area contributed by atoms with E-state index >= 15 is 0 Å². The molecule has 0 aliphatic carbocycles. The van der Waals surface area contributed by atoms with Crippen LogP contribution in [-0.4, -0.2) is 11.7 Å². The van der Waals surface area contributed by atoms with Crippen LogP contribution >= 0.6 is 0 Å². The zero-order valence-corrected chi connectivity index (χ0v) is 6.93. The van der Waals surface area contributed by atoms with Crippen LogP contribution in [0.4, 0.5) is 0 Å². The lowest BCUT2D eigenvalue weighted by Gasteiger charge is -2.04. The highest BCUT2D eigenvalue weighted by atomic mass is 16.3. The quantitative estimate of drug-likeness (QED) is 0.603. The second kappa shape index (κ2) is 7.19. The smallest absolute Gasteiger partial charge is 0.0477 e. The highest BCUT2D eigenvalue weighted by molar-refractivity contribution is 5.00. The molecular formula is C10H14O. The Morgan fingerprint density at radius 1 is 1.36 bits per heavy atom. The summed E-state index contributed by atoms with van der Waals surface area (Å²) >= 11 is 0. The molecular weight excluding hydrogens is 136 g/mol. The minimum Gasteiger partial charge on any atom is -0.396 e. The Morgan fingerprint density at radius 2 is 2.09 bits per heavy atom. The van der Waals surface area contributed by atoms with Gasteiger partial charge < -0.3 is 5.11 Å². The molecule has 1 N–H and O–H groups in total. The average molecular weight is 150 g/mol. The highest BCUT2D eigenvalue weighted by Crippen LogP contribution is 2.04. The van der Waals surface area contributed by atoms with E-state index in [1.807, 2.05) is 6.92 Å². The van der Waals surface area contributed by atoms with Crippen molar-refractivity contribution < 1.29 is 5.11 Å². The minimum absolute atomic E-state index is 0.141. The third kappa shape index (κ3) is 5.52. The van der Waals surface area contributed by atoms with E-state index in [2.05, 4.69) is 17.8 Å². The fourth-order valence-electron chi connectivity index (χ4n) is 0.709. The number of aliphatic hydroxyl groups is 1. The van der Waals surface area contributed by atoms with Gasteiger partial charge in [0.2, 0.25) is 0 Å². The molecule has 0 amide bonds. The molecule has 60 valence electrons. The number of hydrogen-bond donors (Lipinski definition) is 1. The monoisotopic (exact) mass is 150 g/mol. The van der Waals surface area contributed by atoms with E-state index in [0.717, 1.165) is 6.42 Å². The molecule has 1 atom stereocenters. The van der Waals surface area contributed by atoms with Gasteiger partial charge in [-0.2, -0.15) is 0 Å². The Labute approximate surface area is 68.8 Å². The zero-order valence-electron chi connectivity index (χ0n) is 6.93. The summed E-state index contributed by atoms with van der Waals surface area (Å²) in [5.41, 5.74) is 0. The molecule has 0 aromatic rings. The molecule has 11 heavy (non-hydrogen) atoms. The molecule has 0 rings (SSSR count). The van der Waals surface area contributed by atoms with Crippen molar-refractivity contribution >= 4 is 0 Å². The van der Waals surface area contributed by atoms with Crippen LogP contribution in [0.2, 0.25) is 0 Å². The van der Waals surface area contributed by atoms with Gasteiger partial charge in [0.05, 0.1) is 0 Å². The second-order valence-electron chi connectivity index (χ2n) is 2.37. The Morgan fingerprint density at radius 3 is 2.55 bits per heavy atom. The van der Waals surface area contributed by atoms with Gasteiger partial charge in [-0.3, -0.25) is 0 Å². The first-order chi connectivity index (χ1) is 5.35. The van der Waals surface area contributed by atoms with Crippen LogP contribution in [-0.2, 0) is 0 Å². The van der Waals surface area contributed by atoms with E-state index in [-0.39, 0.29) is 12.5 Å². The molecule has 0 saturated heterocycles. The van der Waals surface area contributed by atoms with Gasteiger partial charge >= 0.3 is 0 Å². The lowest BCUT2D eigenvalue weighted by molar-refractivity contribution is 0.232. The topological polar surface area (TPSA) is 20.2 Å². The Balaban J connectivity index is 3.61. The summed E-state index contributed by atoms with van der Waals surface area (Å²) in [7, 11) is 0. The molecule has 0 aromatic carbocycles. The van der Waals surface area contributed by atoms with Crippen molar-refractivity contribution in [2.45, 2.75) is 26.2 Å². The van der Waals surface area contributed by atoms with Crippen LogP contribution in [0.1, 0.15) is 26.2 Å². The van der Waals surface area contributed by atoms with Gasteiger partial charge in [-0.25, -0.2) is 0 Å². The third-order valence-electron chi connectivity index (χ3n) is 1.36. The maximum Gasteiger partial charge on any atom is 0.0477 e. The normalized spacial score (nSPS) is 11.0. The molecule has 0 bridgehead atoms. The van der Waals surface area contributed by atoms with E-state index in [1.165, 1.54) is 0 Å². The van der Waals surface area contributed by atoms with Gasteiger partial charge in [0.1, 0.15) is 0 Å². The number of terminal acetylenes is 1. The molecule has 0 aliphatic rings. The lowest BCUT2D eigenvalue weighted by Crippen LogP contribution is -2.03. The summed E-state index contributed by atoms with van der Waals surface area (Å²) in [5, 5.41) is 8.79. The predicted molar refractivity (Wildman–Crippen MR) is 46.7 cm³/mol. The highest BCUT2D eigenvalue weighted by Gasteiger charge is 2.01. The molecule has 0 spiro atoms. The van der Waals surface area contributed by atoms with Crippen LogP contribution < -0.4 is 0 Å². The van der Waals surface area contributed by atoms with Gasteiger partial charge in [0, 0.05) is 31.8 Å². The van der Waals surface area contributed by atoms with E-state index in [9.17, 15) is 0 Å². The molecule has 0 aromatic heterocycles. The molecule has 0 saturated carbocycles. The lowest BCUT2D eigenvalue weighted by atomic mass is 10.0. The van der Waals surface area contributed by atoms with Crippen molar-refractivity contribution in [2.24, 2.45) is 5.92 Å². The molecule has 0 fully saturated rings. The molecule has 0 radical (unpaired) electrons. The number of rotatable bonds is 3. The first-order valence-corrected chi connectivity index (χ1v) is 3.85. The number of hydrogen-bond acceptors (Lipinski definition) is 1. The van der Waals surface area contributed by atoms with Crippen molar-refractivity contribution in [3.05, 3.63) is 0 Å².